The lowest BCUT2D eigenvalue weighted by molar-refractivity contribution is -0.133. The van der Waals surface area contributed by atoms with E-state index in [1.54, 1.807) is 23.3 Å². The maximum atomic E-state index is 10.7. The Morgan fingerprint density at radius 1 is 1.47 bits per heavy atom. The summed E-state index contributed by atoms with van der Waals surface area (Å²) in [4.78, 5) is 18.9. The zero-order valence-corrected chi connectivity index (χ0v) is 11.3. The molecule has 0 radical (unpaired) electrons. The molecule has 0 aliphatic rings. The number of carboxylic acids is 1. The topological polar surface area (TPSA) is 80.9 Å². The molecule has 0 atom stereocenters. The molecular weight excluding hydrogens is 264 g/mol. The van der Waals surface area contributed by atoms with E-state index >= 15 is 0 Å². The quantitative estimate of drug-likeness (QED) is 0.811. The van der Waals surface area contributed by atoms with Gasteiger partial charge in [-0.3, -0.25) is 9.78 Å². The summed E-state index contributed by atoms with van der Waals surface area (Å²) >= 11 is 1.23. The minimum absolute atomic E-state index is 0.00246. The first-order chi connectivity index (χ1) is 9.20. The van der Waals surface area contributed by atoms with Gasteiger partial charge in [0.15, 0.2) is 5.82 Å². The lowest BCUT2D eigenvalue weighted by atomic mass is 10.3. The summed E-state index contributed by atoms with van der Waals surface area (Å²) in [5.41, 5.74) is 0.932. The molecule has 0 fully saturated rings. The van der Waals surface area contributed by atoms with Crippen LogP contribution in [-0.4, -0.2) is 36.6 Å². The summed E-state index contributed by atoms with van der Waals surface area (Å²) in [7, 11) is 0. The molecule has 0 aliphatic carbocycles. The summed E-state index contributed by atoms with van der Waals surface area (Å²) in [6.07, 6.45) is 6.62. The van der Waals surface area contributed by atoms with Crippen LogP contribution in [0, 0.1) is 0 Å². The number of aryl methyl sites for hydroxylation is 1. The highest BCUT2D eigenvalue weighted by atomic mass is 32.2. The number of hydrogen-bond donors (Lipinski definition) is 1. The van der Waals surface area contributed by atoms with Crippen LogP contribution in [0.1, 0.15) is 19.0 Å². The van der Waals surface area contributed by atoms with E-state index in [1.165, 1.54) is 11.8 Å². The Hall–Kier alpha value is -1.89. The van der Waals surface area contributed by atoms with E-state index in [-0.39, 0.29) is 5.75 Å². The van der Waals surface area contributed by atoms with Crippen LogP contribution in [0.15, 0.2) is 29.7 Å². The monoisotopic (exact) mass is 278 g/mol. The Bertz CT molecular complexity index is 556. The standard InChI is InChI=1S/C12H14N4O2S/c1-2-3-9-6-11(19-8-12(17)18)16(15-9)10-7-13-4-5-14-10/h4-7H,2-3,8H2,1H3,(H,17,18). The number of carbonyl (C=O) groups is 1. The summed E-state index contributed by atoms with van der Waals surface area (Å²) < 4.78 is 1.64. The lowest BCUT2D eigenvalue weighted by Crippen LogP contribution is -2.04. The van der Waals surface area contributed by atoms with Gasteiger partial charge in [0.25, 0.3) is 0 Å². The van der Waals surface area contributed by atoms with Gasteiger partial charge in [-0.15, -0.1) is 0 Å². The maximum absolute atomic E-state index is 10.7. The number of aromatic nitrogens is 4. The zero-order valence-electron chi connectivity index (χ0n) is 10.5. The van der Waals surface area contributed by atoms with E-state index in [0.717, 1.165) is 23.6 Å². The fourth-order valence-corrected chi connectivity index (χ4v) is 2.34. The van der Waals surface area contributed by atoms with Crippen molar-refractivity contribution in [3.8, 4) is 5.82 Å². The molecule has 6 nitrogen and oxygen atoms in total. The molecule has 1 N–H and O–H groups in total. The molecule has 7 heteroatoms. The van der Waals surface area contributed by atoms with Gasteiger partial charge in [-0.25, -0.2) is 9.67 Å². The fraction of sp³-hybridized carbons (Fsp3) is 0.333. The molecule has 0 saturated heterocycles. The molecule has 0 unspecified atom stereocenters. The predicted molar refractivity (Wildman–Crippen MR) is 71.5 cm³/mol. The molecule has 19 heavy (non-hydrogen) atoms. The van der Waals surface area contributed by atoms with Crippen LogP contribution in [0.25, 0.3) is 5.82 Å². The Morgan fingerprint density at radius 2 is 2.32 bits per heavy atom. The first kappa shape index (κ1) is 13.5. The smallest absolute Gasteiger partial charge is 0.313 e. The molecular formula is C12H14N4O2S. The summed E-state index contributed by atoms with van der Waals surface area (Å²) in [5, 5.41) is 14.0. The number of rotatable bonds is 6. The molecule has 2 aromatic rings. The summed E-state index contributed by atoms with van der Waals surface area (Å²) in [5.74, 6) is -0.260. The third kappa shape index (κ3) is 3.54. The van der Waals surface area contributed by atoms with Crippen molar-refractivity contribution in [2.45, 2.75) is 24.8 Å². The second kappa shape index (κ2) is 6.33. The van der Waals surface area contributed by atoms with E-state index < -0.39 is 5.97 Å². The molecule has 2 heterocycles. The molecule has 0 bridgehead atoms. The molecule has 0 amide bonds. The second-order valence-corrected chi connectivity index (χ2v) is 4.88. The van der Waals surface area contributed by atoms with E-state index in [9.17, 15) is 4.79 Å². The largest absolute Gasteiger partial charge is 0.481 e. The molecule has 2 rings (SSSR count). The Labute approximate surface area is 114 Å². The third-order valence-corrected chi connectivity index (χ3v) is 3.32. The number of thioether (sulfide) groups is 1. The van der Waals surface area contributed by atoms with Crippen molar-refractivity contribution in [3.05, 3.63) is 30.4 Å². The molecule has 2 aromatic heterocycles. The first-order valence-corrected chi connectivity index (χ1v) is 6.89. The minimum Gasteiger partial charge on any atom is -0.481 e. The van der Waals surface area contributed by atoms with Crippen molar-refractivity contribution in [2.24, 2.45) is 0 Å². The average molecular weight is 278 g/mol. The van der Waals surface area contributed by atoms with Crippen LogP contribution in [-0.2, 0) is 11.2 Å². The van der Waals surface area contributed by atoms with Gasteiger partial charge in [-0.2, -0.15) is 5.10 Å². The normalized spacial score (nSPS) is 10.6. The summed E-state index contributed by atoms with van der Waals surface area (Å²) in [6, 6.07) is 1.91. The van der Waals surface area contributed by atoms with Gasteiger partial charge < -0.3 is 5.11 Å². The van der Waals surface area contributed by atoms with Crippen molar-refractivity contribution >= 4 is 17.7 Å². The van der Waals surface area contributed by atoms with Gasteiger partial charge in [0.1, 0.15) is 5.03 Å². The van der Waals surface area contributed by atoms with E-state index in [4.69, 9.17) is 5.11 Å². The number of aliphatic carboxylic acids is 1. The van der Waals surface area contributed by atoms with Crippen LogP contribution in [0.5, 0.6) is 0 Å². The van der Waals surface area contributed by atoms with Crippen molar-refractivity contribution in [1.82, 2.24) is 19.7 Å². The van der Waals surface area contributed by atoms with Crippen LogP contribution in [0.2, 0.25) is 0 Å². The van der Waals surface area contributed by atoms with Gasteiger partial charge in [-0.1, -0.05) is 25.1 Å². The van der Waals surface area contributed by atoms with Crippen molar-refractivity contribution in [2.75, 3.05) is 5.75 Å². The second-order valence-electron chi connectivity index (χ2n) is 3.88. The van der Waals surface area contributed by atoms with Crippen LogP contribution < -0.4 is 0 Å². The molecule has 0 aromatic carbocycles. The van der Waals surface area contributed by atoms with E-state index in [0.29, 0.717) is 5.82 Å². The molecule has 100 valence electrons. The molecule has 0 saturated carbocycles. The Balaban J connectivity index is 2.31. The predicted octanol–water partition coefficient (Wildman–Crippen LogP) is 1.79. The maximum Gasteiger partial charge on any atom is 0.313 e. The highest BCUT2D eigenvalue weighted by molar-refractivity contribution is 7.99. The molecule has 0 aliphatic heterocycles. The highest BCUT2D eigenvalue weighted by Gasteiger charge is 2.12. The minimum atomic E-state index is -0.853. The fourth-order valence-electron chi connectivity index (χ4n) is 1.59. The van der Waals surface area contributed by atoms with Gasteiger partial charge in [0, 0.05) is 12.4 Å². The first-order valence-electron chi connectivity index (χ1n) is 5.90. The van der Waals surface area contributed by atoms with Gasteiger partial charge in [-0.05, 0) is 12.5 Å². The van der Waals surface area contributed by atoms with E-state index in [2.05, 4.69) is 22.0 Å². The third-order valence-electron chi connectivity index (χ3n) is 2.34. The average Bonchev–Trinajstić information content (AvgIpc) is 2.81. The number of hydrogen-bond acceptors (Lipinski definition) is 5. The zero-order chi connectivity index (χ0) is 13.7. The van der Waals surface area contributed by atoms with Gasteiger partial charge in [0.05, 0.1) is 17.6 Å². The van der Waals surface area contributed by atoms with Crippen molar-refractivity contribution in [3.63, 3.8) is 0 Å². The number of carboxylic acid groups (broad SMARTS) is 1. The SMILES string of the molecule is CCCc1cc(SCC(=O)O)n(-c2cnccn2)n1. The van der Waals surface area contributed by atoms with Crippen molar-refractivity contribution < 1.29 is 9.90 Å². The van der Waals surface area contributed by atoms with E-state index in [1.807, 2.05) is 6.07 Å². The highest BCUT2D eigenvalue weighted by Crippen LogP contribution is 2.22. The molecule has 0 spiro atoms. The Kier molecular flexibility index (Phi) is 4.51. The van der Waals surface area contributed by atoms with Gasteiger partial charge in [0.2, 0.25) is 0 Å². The van der Waals surface area contributed by atoms with Crippen LogP contribution in [0.3, 0.4) is 0 Å². The Morgan fingerprint density at radius 3 is 2.95 bits per heavy atom. The van der Waals surface area contributed by atoms with Crippen molar-refractivity contribution in [1.29, 1.82) is 0 Å². The van der Waals surface area contributed by atoms with Crippen LogP contribution in [0.4, 0.5) is 0 Å². The summed E-state index contributed by atoms with van der Waals surface area (Å²) in [6.45, 7) is 2.07. The number of nitrogens with zero attached hydrogens (tertiary/aromatic N) is 4. The lowest BCUT2D eigenvalue weighted by Gasteiger charge is -2.03. The van der Waals surface area contributed by atoms with Crippen LogP contribution >= 0.6 is 11.8 Å². The van der Waals surface area contributed by atoms with Gasteiger partial charge >= 0.3 is 5.97 Å².